The van der Waals surface area contributed by atoms with Gasteiger partial charge in [0.1, 0.15) is 28.7 Å². The molecule has 3 aromatic heterocycles. The van der Waals surface area contributed by atoms with Gasteiger partial charge in [-0.3, -0.25) is 4.79 Å². The number of ether oxygens (including phenoxy) is 1. The minimum absolute atomic E-state index is 0.117. The number of aromatic nitrogens is 3. The first-order valence-electron chi connectivity index (χ1n) is 10.6. The first-order chi connectivity index (χ1) is 16.2. The minimum Gasteiger partial charge on any atom is -0.494 e. The zero-order chi connectivity index (χ0) is 24.3. The van der Waals surface area contributed by atoms with Crippen molar-refractivity contribution in [3.63, 3.8) is 0 Å². The van der Waals surface area contributed by atoms with Gasteiger partial charge in [0.15, 0.2) is 5.75 Å². The van der Waals surface area contributed by atoms with Crippen molar-refractivity contribution in [1.29, 1.82) is 0 Å². The number of halogens is 2. The number of aryl methyl sites for hydroxylation is 3. The Bertz CT molecular complexity index is 1610. The summed E-state index contributed by atoms with van der Waals surface area (Å²) in [5, 5.41) is 0. The molecule has 5 aromatic rings. The van der Waals surface area contributed by atoms with Crippen molar-refractivity contribution < 1.29 is 18.3 Å². The van der Waals surface area contributed by atoms with E-state index in [4.69, 9.17) is 10.5 Å². The molecule has 0 amide bonds. The number of hydrogen-bond donors (Lipinski definition) is 1. The summed E-state index contributed by atoms with van der Waals surface area (Å²) in [6, 6.07) is 11.2. The van der Waals surface area contributed by atoms with Crippen molar-refractivity contribution in [2.75, 3.05) is 12.8 Å². The van der Waals surface area contributed by atoms with Crippen LogP contribution in [0.25, 0.3) is 27.7 Å². The second-order valence-corrected chi connectivity index (χ2v) is 8.27. The highest BCUT2D eigenvalue weighted by atomic mass is 19.1. The molecule has 8 heteroatoms. The number of nitrogens with two attached hydrogens (primary N) is 1. The molecule has 6 nitrogen and oxygen atoms in total. The Morgan fingerprint density at radius 1 is 1.06 bits per heavy atom. The molecule has 172 valence electrons. The van der Waals surface area contributed by atoms with Gasteiger partial charge >= 0.3 is 0 Å². The lowest BCUT2D eigenvalue weighted by molar-refractivity contribution is 0.103. The fourth-order valence-electron chi connectivity index (χ4n) is 4.47. The summed E-state index contributed by atoms with van der Waals surface area (Å²) in [6.45, 7) is 3.93. The van der Waals surface area contributed by atoms with E-state index >= 15 is 0 Å². The molecule has 0 atom stereocenters. The largest absolute Gasteiger partial charge is 0.494 e. The average Bonchev–Trinajstić information content (AvgIpc) is 3.37. The minimum atomic E-state index is -0.968. The number of carbonyl (C=O) groups excluding carboxylic acids is 1. The maximum absolute atomic E-state index is 14.0. The SMILES string of the molecule is COc1c(-c2cccn3c(C(=O)c4cc(F)c(N)c(F)c4)ccc23)c(C)cc2c1nc(C)n2C. The number of hydrogen-bond acceptors (Lipinski definition) is 4. The fourth-order valence-corrected chi connectivity index (χ4v) is 4.47. The lowest BCUT2D eigenvalue weighted by atomic mass is 9.98. The number of pyridine rings is 1. The standard InChI is InChI=1S/C26H22F2N4O2/c1-13-10-21-24(30-14(2)31(21)3)26(34-4)22(13)16-6-5-9-32-19(16)7-8-20(32)25(33)15-11-17(27)23(29)18(28)12-15/h5-12H,29H2,1-4H3. The number of rotatable bonds is 4. The normalized spacial score (nSPS) is 11.5. The lowest BCUT2D eigenvalue weighted by Crippen LogP contribution is -2.08. The molecule has 5 rings (SSSR count). The fraction of sp³-hybridized carbons (Fsp3) is 0.154. The van der Waals surface area contributed by atoms with Crippen molar-refractivity contribution >= 4 is 28.0 Å². The van der Waals surface area contributed by atoms with E-state index in [0.717, 1.165) is 51.2 Å². The third-order valence-electron chi connectivity index (χ3n) is 6.29. The number of ketones is 1. The van der Waals surface area contributed by atoms with Gasteiger partial charge in [-0.15, -0.1) is 0 Å². The molecule has 0 bridgehead atoms. The Morgan fingerprint density at radius 3 is 2.44 bits per heavy atom. The first kappa shape index (κ1) is 21.6. The van der Waals surface area contributed by atoms with Crippen molar-refractivity contribution in [1.82, 2.24) is 14.0 Å². The molecule has 0 fully saturated rings. The molecule has 0 radical (unpaired) electrons. The van der Waals surface area contributed by atoms with Gasteiger partial charge in [0.25, 0.3) is 0 Å². The number of carbonyl (C=O) groups is 1. The van der Waals surface area contributed by atoms with Gasteiger partial charge in [0, 0.05) is 29.9 Å². The van der Waals surface area contributed by atoms with E-state index < -0.39 is 23.1 Å². The molecule has 3 heterocycles. The zero-order valence-electron chi connectivity index (χ0n) is 19.1. The van der Waals surface area contributed by atoms with Crippen molar-refractivity contribution in [2.24, 2.45) is 7.05 Å². The van der Waals surface area contributed by atoms with Crippen molar-refractivity contribution in [3.8, 4) is 16.9 Å². The van der Waals surface area contributed by atoms with Crippen LogP contribution in [-0.4, -0.2) is 26.8 Å². The number of anilines is 1. The quantitative estimate of drug-likeness (QED) is 0.295. The molecule has 34 heavy (non-hydrogen) atoms. The highest BCUT2D eigenvalue weighted by molar-refractivity contribution is 6.09. The second-order valence-electron chi connectivity index (χ2n) is 8.27. The van der Waals surface area contributed by atoms with E-state index in [1.165, 1.54) is 0 Å². The average molecular weight is 460 g/mol. The molecule has 0 spiro atoms. The van der Waals surface area contributed by atoms with Crippen LogP contribution in [0.3, 0.4) is 0 Å². The molecule has 2 N–H and O–H groups in total. The molecule has 0 saturated carbocycles. The maximum atomic E-state index is 14.0. The summed E-state index contributed by atoms with van der Waals surface area (Å²) in [4.78, 5) is 17.8. The van der Waals surface area contributed by atoms with Crippen LogP contribution in [0.15, 0.2) is 48.7 Å². The molecule has 2 aromatic carbocycles. The van der Waals surface area contributed by atoms with Gasteiger partial charge in [-0.2, -0.15) is 0 Å². The van der Waals surface area contributed by atoms with Gasteiger partial charge < -0.3 is 19.4 Å². The molecule has 0 saturated heterocycles. The Hall–Kier alpha value is -4.20. The van der Waals surface area contributed by atoms with Crippen LogP contribution in [0.4, 0.5) is 14.5 Å². The van der Waals surface area contributed by atoms with Gasteiger partial charge in [0.2, 0.25) is 5.78 Å². The van der Waals surface area contributed by atoms with Gasteiger partial charge in [-0.05, 0) is 55.8 Å². The number of fused-ring (bicyclic) bond motifs is 2. The molecular weight excluding hydrogens is 438 g/mol. The van der Waals surface area contributed by atoms with Crippen LogP contribution < -0.4 is 10.5 Å². The third-order valence-corrected chi connectivity index (χ3v) is 6.29. The summed E-state index contributed by atoms with van der Waals surface area (Å²) >= 11 is 0. The predicted molar refractivity (Wildman–Crippen MR) is 127 cm³/mol. The molecule has 0 aliphatic carbocycles. The van der Waals surface area contributed by atoms with E-state index in [-0.39, 0.29) is 11.3 Å². The Morgan fingerprint density at radius 2 is 1.76 bits per heavy atom. The van der Waals surface area contributed by atoms with Crippen LogP contribution in [0.2, 0.25) is 0 Å². The second kappa shape index (κ2) is 7.69. The monoisotopic (exact) mass is 460 g/mol. The van der Waals surface area contributed by atoms with Crippen LogP contribution in [0.1, 0.15) is 27.4 Å². The summed E-state index contributed by atoms with van der Waals surface area (Å²) in [5.41, 5.74) is 10.0. The molecule has 0 unspecified atom stereocenters. The molecule has 0 aliphatic heterocycles. The smallest absolute Gasteiger partial charge is 0.209 e. The topological polar surface area (TPSA) is 74.6 Å². The number of imidazole rings is 1. The predicted octanol–water partition coefficient (Wildman–Crippen LogP) is 5.21. The summed E-state index contributed by atoms with van der Waals surface area (Å²) in [6.07, 6.45) is 1.74. The van der Waals surface area contributed by atoms with Crippen LogP contribution in [0, 0.1) is 25.5 Å². The van der Waals surface area contributed by atoms with E-state index in [2.05, 4.69) is 11.1 Å². The van der Waals surface area contributed by atoms with Gasteiger partial charge in [0.05, 0.1) is 23.8 Å². The highest BCUT2D eigenvalue weighted by Crippen LogP contribution is 2.41. The summed E-state index contributed by atoms with van der Waals surface area (Å²) in [5.74, 6) is -0.951. The molecule has 0 aliphatic rings. The van der Waals surface area contributed by atoms with E-state index in [1.54, 1.807) is 29.8 Å². The van der Waals surface area contributed by atoms with E-state index in [0.29, 0.717) is 5.75 Å². The Balaban J connectivity index is 1.72. The lowest BCUT2D eigenvalue weighted by Gasteiger charge is -2.15. The van der Waals surface area contributed by atoms with Crippen LogP contribution in [0.5, 0.6) is 5.75 Å². The Labute approximate surface area is 194 Å². The number of methoxy groups -OCH3 is 1. The number of nitrogens with zero attached hydrogens (tertiary/aromatic N) is 3. The van der Waals surface area contributed by atoms with Crippen LogP contribution in [-0.2, 0) is 7.05 Å². The van der Waals surface area contributed by atoms with Gasteiger partial charge in [-0.25, -0.2) is 13.8 Å². The van der Waals surface area contributed by atoms with Crippen LogP contribution >= 0.6 is 0 Å². The van der Waals surface area contributed by atoms with E-state index in [1.807, 2.05) is 37.6 Å². The highest BCUT2D eigenvalue weighted by Gasteiger charge is 2.22. The van der Waals surface area contributed by atoms with Gasteiger partial charge in [-0.1, -0.05) is 6.07 Å². The van der Waals surface area contributed by atoms with E-state index in [9.17, 15) is 13.6 Å². The number of benzene rings is 2. The first-order valence-corrected chi connectivity index (χ1v) is 10.6. The van der Waals surface area contributed by atoms with Crippen molar-refractivity contribution in [2.45, 2.75) is 13.8 Å². The van der Waals surface area contributed by atoms with Crippen molar-refractivity contribution in [3.05, 3.63) is 82.9 Å². The number of nitrogen functional groups attached to an aromatic ring is 1. The Kier molecular flexibility index (Phi) is 4.89. The summed E-state index contributed by atoms with van der Waals surface area (Å²) < 4.78 is 37.5. The summed E-state index contributed by atoms with van der Waals surface area (Å²) in [7, 11) is 3.57. The third kappa shape index (κ3) is 3.06. The maximum Gasteiger partial charge on any atom is 0.209 e. The zero-order valence-corrected chi connectivity index (χ0v) is 19.1. The molecular formula is C26H22F2N4O2.